The number of aromatic nitrogens is 2. The van der Waals surface area contributed by atoms with Gasteiger partial charge < -0.3 is 10.2 Å². The number of hydrogen-bond acceptors (Lipinski definition) is 5. The standard InChI is InChI=1S/C12H16N4OS/c1-3-16(4-2)10(17)7-13-11-9-5-6-18-12(9)15-8-14-11/h5-6,8H,3-4,7H2,1-2H3,(H,13,14,15). The third kappa shape index (κ3) is 2.59. The third-order valence-electron chi connectivity index (χ3n) is 2.78. The Morgan fingerprint density at radius 1 is 1.39 bits per heavy atom. The molecule has 1 N–H and O–H groups in total. The molecule has 2 rings (SSSR count). The molecule has 2 aromatic rings. The minimum atomic E-state index is 0.0852. The molecule has 0 bridgehead atoms. The molecule has 6 heteroatoms. The van der Waals surface area contributed by atoms with Gasteiger partial charge in [-0.2, -0.15) is 0 Å². The lowest BCUT2D eigenvalue weighted by Crippen LogP contribution is -2.35. The number of carbonyl (C=O) groups excluding carboxylic acids is 1. The van der Waals surface area contributed by atoms with Gasteiger partial charge in [-0.3, -0.25) is 4.79 Å². The van der Waals surface area contributed by atoms with E-state index in [-0.39, 0.29) is 12.5 Å². The van der Waals surface area contributed by atoms with Crippen molar-refractivity contribution in [1.82, 2.24) is 14.9 Å². The van der Waals surface area contributed by atoms with Crippen LogP contribution in [0, 0.1) is 0 Å². The number of thiophene rings is 1. The van der Waals surface area contributed by atoms with Gasteiger partial charge in [0.1, 0.15) is 17.0 Å². The van der Waals surface area contributed by atoms with E-state index in [1.165, 1.54) is 6.33 Å². The van der Waals surface area contributed by atoms with Crippen LogP contribution in [-0.4, -0.2) is 40.4 Å². The molecule has 0 atom stereocenters. The predicted molar refractivity (Wildman–Crippen MR) is 73.8 cm³/mol. The number of carbonyl (C=O) groups is 1. The molecule has 5 nitrogen and oxygen atoms in total. The number of nitrogens with one attached hydrogen (secondary N) is 1. The van der Waals surface area contributed by atoms with Gasteiger partial charge in [0.2, 0.25) is 5.91 Å². The van der Waals surface area contributed by atoms with Crippen LogP contribution in [0.25, 0.3) is 10.2 Å². The Bertz CT molecular complexity index is 536. The summed E-state index contributed by atoms with van der Waals surface area (Å²) in [6.45, 7) is 5.68. The molecule has 0 saturated carbocycles. The Balaban J connectivity index is 2.06. The fourth-order valence-corrected chi connectivity index (χ4v) is 2.51. The predicted octanol–water partition coefficient (Wildman–Crippen LogP) is 1.97. The van der Waals surface area contributed by atoms with Crippen LogP contribution in [0.15, 0.2) is 17.8 Å². The van der Waals surface area contributed by atoms with E-state index in [0.29, 0.717) is 0 Å². The minimum Gasteiger partial charge on any atom is -0.360 e. The lowest BCUT2D eigenvalue weighted by Gasteiger charge is -2.18. The van der Waals surface area contributed by atoms with E-state index in [4.69, 9.17) is 0 Å². The summed E-state index contributed by atoms with van der Waals surface area (Å²) in [7, 11) is 0. The summed E-state index contributed by atoms with van der Waals surface area (Å²) < 4.78 is 0. The fraction of sp³-hybridized carbons (Fsp3) is 0.417. The highest BCUT2D eigenvalue weighted by Gasteiger charge is 2.10. The van der Waals surface area contributed by atoms with Crippen LogP contribution in [0.5, 0.6) is 0 Å². The lowest BCUT2D eigenvalue weighted by atomic mass is 10.3. The lowest BCUT2D eigenvalue weighted by molar-refractivity contribution is -0.128. The van der Waals surface area contributed by atoms with Crippen LogP contribution in [0.4, 0.5) is 5.82 Å². The van der Waals surface area contributed by atoms with Crippen molar-refractivity contribution in [3.05, 3.63) is 17.8 Å². The minimum absolute atomic E-state index is 0.0852. The molecule has 2 aromatic heterocycles. The number of nitrogens with zero attached hydrogens (tertiary/aromatic N) is 3. The van der Waals surface area contributed by atoms with Gasteiger partial charge >= 0.3 is 0 Å². The zero-order valence-electron chi connectivity index (χ0n) is 10.5. The summed E-state index contributed by atoms with van der Waals surface area (Å²) in [4.78, 5) is 22.9. The molecule has 0 aliphatic carbocycles. The molecule has 2 heterocycles. The van der Waals surface area contributed by atoms with E-state index in [1.807, 2.05) is 25.3 Å². The van der Waals surface area contributed by atoms with Crippen molar-refractivity contribution in [2.45, 2.75) is 13.8 Å². The average Bonchev–Trinajstić information content (AvgIpc) is 2.86. The van der Waals surface area contributed by atoms with Gasteiger partial charge in [0.05, 0.1) is 11.9 Å². The first-order valence-electron chi connectivity index (χ1n) is 5.96. The average molecular weight is 264 g/mol. The van der Waals surface area contributed by atoms with Crippen LogP contribution in [0.2, 0.25) is 0 Å². The number of fused-ring (bicyclic) bond motifs is 1. The van der Waals surface area contributed by atoms with Crippen molar-refractivity contribution >= 4 is 33.3 Å². The Hall–Kier alpha value is -1.69. The summed E-state index contributed by atoms with van der Waals surface area (Å²) >= 11 is 1.56. The maximum Gasteiger partial charge on any atom is 0.241 e. The van der Waals surface area contributed by atoms with Crippen molar-refractivity contribution in [1.29, 1.82) is 0 Å². The van der Waals surface area contributed by atoms with Crippen LogP contribution in [-0.2, 0) is 4.79 Å². The van der Waals surface area contributed by atoms with E-state index in [0.717, 1.165) is 29.1 Å². The summed E-state index contributed by atoms with van der Waals surface area (Å²) in [6.07, 6.45) is 1.52. The Labute approximate surface area is 110 Å². The molecular weight excluding hydrogens is 248 g/mol. The Morgan fingerprint density at radius 3 is 2.89 bits per heavy atom. The molecule has 0 spiro atoms. The molecule has 0 radical (unpaired) electrons. The normalized spacial score (nSPS) is 10.6. The number of likely N-dealkylation sites (N-methyl/N-ethyl adjacent to an activating group) is 1. The highest BCUT2D eigenvalue weighted by atomic mass is 32.1. The SMILES string of the molecule is CCN(CC)C(=O)CNc1ncnc2sccc12. The van der Waals surface area contributed by atoms with Gasteiger partial charge in [0, 0.05) is 13.1 Å². The first kappa shape index (κ1) is 12.8. The van der Waals surface area contributed by atoms with Crippen LogP contribution in [0.3, 0.4) is 0 Å². The van der Waals surface area contributed by atoms with Crippen molar-refractivity contribution in [3.8, 4) is 0 Å². The van der Waals surface area contributed by atoms with Crippen LogP contribution >= 0.6 is 11.3 Å². The van der Waals surface area contributed by atoms with Gasteiger partial charge in [0.25, 0.3) is 0 Å². The van der Waals surface area contributed by atoms with Gasteiger partial charge in [-0.05, 0) is 25.3 Å². The van der Waals surface area contributed by atoms with Crippen molar-refractivity contribution in [2.75, 3.05) is 25.0 Å². The first-order chi connectivity index (χ1) is 8.76. The largest absolute Gasteiger partial charge is 0.360 e. The van der Waals surface area contributed by atoms with Crippen molar-refractivity contribution < 1.29 is 4.79 Å². The first-order valence-corrected chi connectivity index (χ1v) is 6.84. The van der Waals surface area contributed by atoms with Gasteiger partial charge in [0.15, 0.2) is 0 Å². The summed E-state index contributed by atoms with van der Waals surface area (Å²) in [5, 5.41) is 6.02. The third-order valence-corrected chi connectivity index (χ3v) is 3.61. The maximum absolute atomic E-state index is 11.9. The molecule has 18 heavy (non-hydrogen) atoms. The number of anilines is 1. The van der Waals surface area contributed by atoms with E-state index in [9.17, 15) is 4.79 Å². The zero-order chi connectivity index (χ0) is 13.0. The molecule has 1 amide bonds. The molecule has 0 saturated heterocycles. The maximum atomic E-state index is 11.9. The highest BCUT2D eigenvalue weighted by Crippen LogP contribution is 2.23. The summed E-state index contributed by atoms with van der Waals surface area (Å²) in [5.41, 5.74) is 0. The highest BCUT2D eigenvalue weighted by molar-refractivity contribution is 7.16. The molecule has 96 valence electrons. The monoisotopic (exact) mass is 264 g/mol. The second-order valence-corrected chi connectivity index (χ2v) is 4.68. The molecule has 0 fully saturated rings. The second kappa shape index (κ2) is 5.77. The van der Waals surface area contributed by atoms with E-state index < -0.39 is 0 Å². The van der Waals surface area contributed by atoms with Gasteiger partial charge in [-0.15, -0.1) is 11.3 Å². The summed E-state index contributed by atoms with van der Waals surface area (Å²) in [6, 6.07) is 1.96. The molecular formula is C12H16N4OS. The van der Waals surface area contributed by atoms with Crippen molar-refractivity contribution in [3.63, 3.8) is 0 Å². The van der Waals surface area contributed by atoms with Crippen LogP contribution < -0.4 is 5.32 Å². The zero-order valence-corrected chi connectivity index (χ0v) is 11.3. The Kier molecular flexibility index (Phi) is 4.09. The smallest absolute Gasteiger partial charge is 0.241 e. The topological polar surface area (TPSA) is 58.1 Å². The Morgan fingerprint density at radius 2 is 2.17 bits per heavy atom. The molecule has 0 aliphatic heterocycles. The number of hydrogen-bond donors (Lipinski definition) is 1. The molecule has 0 unspecified atom stereocenters. The summed E-state index contributed by atoms with van der Waals surface area (Å²) in [5.74, 6) is 0.809. The fourth-order valence-electron chi connectivity index (χ4n) is 1.78. The van der Waals surface area contributed by atoms with Crippen LogP contribution in [0.1, 0.15) is 13.8 Å². The second-order valence-electron chi connectivity index (χ2n) is 3.78. The van der Waals surface area contributed by atoms with E-state index in [2.05, 4.69) is 15.3 Å². The quantitative estimate of drug-likeness (QED) is 0.897. The van der Waals surface area contributed by atoms with Gasteiger partial charge in [-0.1, -0.05) is 0 Å². The van der Waals surface area contributed by atoms with Crippen molar-refractivity contribution in [2.24, 2.45) is 0 Å². The molecule has 0 aromatic carbocycles. The molecule has 0 aliphatic rings. The van der Waals surface area contributed by atoms with E-state index >= 15 is 0 Å². The van der Waals surface area contributed by atoms with E-state index in [1.54, 1.807) is 16.2 Å². The van der Waals surface area contributed by atoms with Gasteiger partial charge in [-0.25, -0.2) is 9.97 Å². The number of rotatable bonds is 5. The number of amides is 1.